The van der Waals surface area contributed by atoms with Gasteiger partial charge in [-0.1, -0.05) is 32.9 Å². The van der Waals surface area contributed by atoms with Crippen molar-refractivity contribution in [1.29, 1.82) is 0 Å². The lowest BCUT2D eigenvalue weighted by atomic mass is 10.0. The van der Waals surface area contributed by atoms with Crippen molar-refractivity contribution in [2.24, 2.45) is 5.73 Å². The van der Waals surface area contributed by atoms with E-state index in [0.717, 1.165) is 31.7 Å². The number of rotatable bonds is 9. The Bertz CT molecular complexity index is 381. The van der Waals surface area contributed by atoms with E-state index in [1.165, 1.54) is 5.56 Å². The minimum absolute atomic E-state index is 0.264. The van der Waals surface area contributed by atoms with Gasteiger partial charge in [-0.3, -0.25) is 4.90 Å². The van der Waals surface area contributed by atoms with E-state index in [1.54, 1.807) is 0 Å². The van der Waals surface area contributed by atoms with Crippen LogP contribution in [0.1, 0.15) is 52.1 Å². The Kier molecular flexibility index (Phi) is 7.63. The lowest BCUT2D eigenvalue weighted by molar-refractivity contribution is 0.151. The van der Waals surface area contributed by atoms with Gasteiger partial charge in [0.1, 0.15) is 5.75 Å². The van der Waals surface area contributed by atoms with Crippen LogP contribution in [0.2, 0.25) is 0 Å². The third-order valence-corrected chi connectivity index (χ3v) is 3.86. The monoisotopic (exact) mass is 278 g/mol. The SMILES string of the molecule is CCCOc1cccc(C(CN)N(CC)C(C)CC)c1. The third-order valence-electron chi connectivity index (χ3n) is 3.86. The van der Waals surface area contributed by atoms with Crippen LogP contribution in [0.3, 0.4) is 0 Å². The zero-order valence-corrected chi connectivity index (χ0v) is 13.4. The van der Waals surface area contributed by atoms with Crippen LogP contribution >= 0.6 is 0 Å². The summed E-state index contributed by atoms with van der Waals surface area (Å²) in [4.78, 5) is 2.47. The van der Waals surface area contributed by atoms with Crippen molar-refractivity contribution < 1.29 is 4.74 Å². The van der Waals surface area contributed by atoms with Crippen LogP contribution in [0.4, 0.5) is 0 Å². The molecule has 2 N–H and O–H groups in total. The van der Waals surface area contributed by atoms with Gasteiger partial charge in [0.05, 0.1) is 6.61 Å². The van der Waals surface area contributed by atoms with Gasteiger partial charge in [-0.05, 0) is 44.0 Å². The first-order chi connectivity index (χ1) is 9.67. The molecule has 0 saturated heterocycles. The van der Waals surface area contributed by atoms with Gasteiger partial charge in [-0.2, -0.15) is 0 Å². The molecule has 0 heterocycles. The van der Waals surface area contributed by atoms with Crippen LogP contribution in [0, 0.1) is 0 Å². The number of hydrogen-bond acceptors (Lipinski definition) is 3. The number of nitrogens with zero attached hydrogens (tertiary/aromatic N) is 1. The summed E-state index contributed by atoms with van der Waals surface area (Å²) in [5.74, 6) is 0.947. The fourth-order valence-electron chi connectivity index (χ4n) is 2.57. The van der Waals surface area contributed by atoms with Crippen LogP contribution in [0.5, 0.6) is 5.75 Å². The Morgan fingerprint density at radius 2 is 2.00 bits per heavy atom. The molecule has 20 heavy (non-hydrogen) atoms. The summed E-state index contributed by atoms with van der Waals surface area (Å²) in [7, 11) is 0. The minimum Gasteiger partial charge on any atom is -0.494 e. The van der Waals surface area contributed by atoms with E-state index in [-0.39, 0.29) is 6.04 Å². The predicted molar refractivity (Wildman–Crippen MR) is 86.2 cm³/mol. The van der Waals surface area contributed by atoms with Crippen molar-refractivity contribution in [3.63, 3.8) is 0 Å². The number of benzene rings is 1. The number of ether oxygens (including phenoxy) is 1. The molecule has 3 nitrogen and oxygen atoms in total. The van der Waals surface area contributed by atoms with Crippen molar-refractivity contribution in [3.05, 3.63) is 29.8 Å². The summed E-state index contributed by atoms with van der Waals surface area (Å²) in [6.45, 7) is 11.2. The summed E-state index contributed by atoms with van der Waals surface area (Å²) < 4.78 is 5.73. The van der Waals surface area contributed by atoms with Crippen LogP contribution in [0.15, 0.2) is 24.3 Å². The first kappa shape index (κ1) is 17.0. The highest BCUT2D eigenvalue weighted by Crippen LogP contribution is 2.26. The maximum atomic E-state index is 6.04. The number of nitrogens with two attached hydrogens (primary N) is 1. The van der Waals surface area contributed by atoms with Crippen molar-refractivity contribution >= 4 is 0 Å². The van der Waals surface area contributed by atoms with Crippen LogP contribution in [0.25, 0.3) is 0 Å². The molecule has 0 saturated carbocycles. The lowest BCUT2D eigenvalue weighted by Gasteiger charge is -2.35. The van der Waals surface area contributed by atoms with Gasteiger partial charge in [-0.15, -0.1) is 0 Å². The predicted octanol–water partition coefficient (Wildman–Crippen LogP) is 3.60. The van der Waals surface area contributed by atoms with E-state index in [0.29, 0.717) is 12.6 Å². The van der Waals surface area contributed by atoms with E-state index in [4.69, 9.17) is 10.5 Å². The van der Waals surface area contributed by atoms with Crippen molar-refractivity contribution in [2.45, 2.75) is 52.6 Å². The van der Waals surface area contributed by atoms with Crippen LogP contribution < -0.4 is 10.5 Å². The van der Waals surface area contributed by atoms with Gasteiger partial charge in [0.25, 0.3) is 0 Å². The largest absolute Gasteiger partial charge is 0.494 e. The highest BCUT2D eigenvalue weighted by molar-refractivity contribution is 5.31. The topological polar surface area (TPSA) is 38.5 Å². The third kappa shape index (κ3) is 4.50. The highest BCUT2D eigenvalue weighted by atomic mass is 16.5. The molecule has 0 aliphatic heterocycles. The lowest BCUT2D eigenvalue weighted by Crippen LogP contribution is -2.39. The fourth-order valence-corrected chi connectivity index (χ4v) is 2.57. The van der Waals surface area contributed by atoms with Gasteiger partial charge in [-0.25, -0.2) is 0 Å². The molecule has 0 bridgehead atoms. The molecule has 0 aliphatic carbocycles. The molecule has 2 atom stereocenters. The summed E-state index contributed by atoms with van der Waals surface area (Å²) in [6.07, 6.45) is 2.16. The average molecular weight is 278 g/mol. The van der Waals surface area contributed by atoms with Crippen molar-refractivity contribution in [3.8, 4) is 5.75 Å². The van der Waals surface area contributed by atoms with Gasteiger partial charge in [0.2, 0.25) is 0 Å². The van der Waals surface area contributed by atoms with Gasteiger partial charge in [0.15, 0.2) is 0 Å². The van der Waals surface area contributed by atoms with Gasteiger partial charge < -0.3 is 10.5 Å². The Morgan fingerprint density at radius 1 is 1.25 bits per heavy atom. The van der Waals surface area contributed by atoms with E-state index in [1.807, 2.05) is 6.07 Å². The molecule has 0 fully saturated rings. The Morgan fingerprint density at radius 3 is 2.55 bits per heavy atom. The minimum atomic E-state index is 0.264. The maximum absolute atomic E-state index is 6.04. The zero-order valence-electron chi connectivity index (χ0n) is 13.4. The molecule has 0 spiro atoms. The molecule has 0 radical (unpaired) electrons. The molecule has 114 valence electrons. The van der Waals surface area contributed by atoms with Gasteiger partial charge in [0, 0.05) is 18.6 Å². The average Bonchev–Trinajstić information content (AvgIpc) is 2.49. The summed E-state index contributed by atoms with van der Waals surface area (Å²) in [5.41, 5.74) is 7.29. The summed E-state index contributed by atoms with van der Waals surface area (Å²) in [5, 5.41) is 0. The van der Waals surface area contributed by atoms with Crippen molar-refractivity contribution in [1.82, 2.24) is 4.90 Å². The normalized spacial score (nSPS) is 14.3. The van der Waals surface area contributed by atoms with Crippen LogP contribution in [-0.2, 0) is 0 Å². The van der Waals surface area contributed by atoms with Gasteiger partial charge >= 0.3 is 0 Å². The zero-order chi connectivity index (χ0) is 15.0. The molecule has 0 aromatic heterocycles. The van der Waals surface area contributed by atoms with E-state index in [9.17, 15) is 0 Å². The molecule has 0 amide bonds. The van der Waals surface area contributed by atoms with E-state index < -0.39 is 0 Å². The van der Waals surface area contributed by atoms with E-state index >= 15 is 0 Å². The Hall–Kier alpha value is -1.06. The number of hydrogen-bond donors (Lipinski definition) is 1. The standard InChI is InChI=1S/C17H30N2O/c1-5-11-20-16-10-8-9-15(12-16)17(13-18)19(7-3)14(4)6-2/h8-10,12,14,17H,5-7,11,13,18H2,1-4H3. The molecule has 3 heteroatoms. The second kappa shape index (κ2) is 8.98. The molecule has 0 aliphatic rings. The highest BCUT2D eigenvalue weighted by Gasteiger charge is 2.21. The molecule has 1 rings (SSSR count). The first-order valence-electron chi connectivity index (χ1n) is 7.86. The molecular formula is C17H30N2O. The molecular weight excluding hydrogens is 248 g/mol. The fraction of sp³-hybridized carbons (Fsp3) is 0.647. The first-order valence-corrected chi connectivity index (χ1v) is 7.86. The van der Waals surface area contributed by atoms with E-state index in [2.05, 4.69) is 50.8 Å². The van der Waals surface area contributed by atoms with Crippen molar-refractivity contribution in [2.75, 3.05) is 19.7 Å². The second-order valence-electron chi connectivity index (χ2n) is 5.26. The Labute approximate surface area is 124 Å². The summed E-state index contributed by atoms with van der Waals surface area (Å²) in [6, 6.07) is 9.17. The molecule has 1 aromatic rings. The Balaban J connectivity index is 2.92. The maximum Gasteiger partial charge on any atom is 0.119 e. The molecule has 2 unspecified atom stereocenters. The summed E-state index contributed by atoms with van der Waals surface area (Å²) >= 11 is 0. The quantitative estimate of drug-likeness (QED) is 0.750. The second-order valence-corrected chi connectivity index (χ2v) is 5.26. The van der Waals surface area contributed by atoms with Crippen LogP contribution in [-0.4, -0.2) is 30.6 Å². The number of likely N-dealkylation sites (N-methyl/N-ethyl adjacent to an activating group) is 1. The smallest absolute Gasteiger partial charge is 0.119 e. The molecule has 1 aromatic carbocycles.